The lowest BCUT2D eigenvalue weighted by molar-refractivity contribution is -0.227. The molecule has 6 amide bonds. The van der Waals surface area contributed by atoms with E-state index in [1.54, 1.807) is 14.2 Å². The minimum Gasteiger partial charge on any atom is -0.756 e. The van der Waals surface area contributed by atoms with E-state index in [4.69, 9.17) is 76.1 Å². The van der Waals surface area contributed by atoms with Crippen LogP contribution in [0.3, 0.4) is 0 Å². The standard InChI is InChI=1S/C36H72N4O18P2.C24H52N4O10P2/c1-32(30-39-33(41)14-6-12-20-57-59(45,46)55-18-10-4-8-16-37-35(43)53-28-26-51-24-22-49-2)31-40-34(42)15-7-13-21-58-60(47,48)56-19-11-5-9-17-38-36(44)54-29-27-52-25-23-50-3;1-22(20-27-23(29)12-4-10-18-37-39(31,32)35-16-8-2-6-14-25)21-28-24(30)13-5-11-19-38-40(33,34)36-17-9-3-7-15-26/h32H,4-31H2,1-3H3,(H,37,43)(H,38,44)(H,39,41)(H,40,42)(H,45,46)(H,47,48);22H,2-21,25-26H2,1H3,(H,27,29)(H,28,30)(H,31,32)(H,33,34)/p-2. The Bertz CT molecular complexity index is 2120. The van der Waals surface area contributed by atoms with Crippen molar-refractivity contribution in [3.05, 3.63) is 0 Å². The van der Waals surface area contributed by atoms with Crippen LogP contribution in [0.5, 0.6) is 0 Å². The molecule has 0 aromatic heterocycles. The highest BCUT2D eigenvalue weighted by atomic mass is 31.2. The summed E-state index contributed by atoms with van der Waals surface area (Å²) in [4.78, 5) is 115. The van der Waals surface area contributed by atoms with Crippen LogP contribution in [-0.4, -0.2) is 218 Å². The maximum atomic E-state index is 12.2. The highest BCUT2D eigenvalue weighted by molar-refractivity contribution is 7.47. The van der Waals surface area contributed by atoms with Gasteiger partial charge < -0.3 is 109 Å². The van der Waals surface area contributed by atoms with Crippen molar-refractivity contribution in [1.29, 1.82) is 0 Å². The number of carbonyl (C=O) groups is 6. The normalized spacial score (nSPS) is 14.3. The number of carbonyl (C=O) groups excluding carboxylic acids is 6. The SMILES string of the molecule is CC(CNC(=O)CCCCOP(=O)([O-])OCCCCCN)CNC(=O)CCCCOP(=O)([O-])OCCCCCN.COCCOCCOC(=O)NCCCCCOP(=O)(O)OCCCCC(=O)NCC(C)CNC(=O)CCCCOP(=O)(O)OCCCCCNC(=O)OCCOCCOC. The first-order valence-electron chi connectivity index (χ1n) is 34.7. The van der Waals surface area contributed by atoms with E-state index in [1.807, 2.05) is 13.8 Å². The van der Waals surface area contributed by atoms with Gasteiger partial charge in [0.2, 0.25) is 23.6 Å². The van der Waals surface area contributed by atoms with Crippen LogP contribution in [0.1, 0.15) is 168 Å². The zero-order valence-corrected chi connectivity index (χ0v) is 63.1. The largest absolute Gasteiger partial charge is 0.756 e. The van der Waals surface area contributed by atoms with Crippen molar-refractivity contribution in [2.75, 3.05) is 172 Å². The van der Waals surface area contributed by atoms with Gasteiger partial charge in [-0.15, -0.1) is 0 Å². The molecule has 0 aliphatic rings. The van der Waals surface area contributed by atoms with Crippen molar-refractivity contribution < 1.29 is 131 Å². The third-order valence-electron chi connectivity index (χ3n) is 13.5. The van der Waals surface area contributed by atoms with Gasteiger partial charge in [0.05, 0.1) is 92.5 Å². The van der Waals surface area contributed by atoms with Gasteiger partial charge in [0.15, 0.2) is 0 Å². The molecule has 592 valence electrons. The molecular formula is C60H122N8O28P4-2. The lowest BCUT2D eigenvalue weighted by Gasteiger charge is -2.22. The van der Waals surface area contributed by atoms with Gasteiger partial charge in [0.1, 0.15) is 13.2 Å². The second-order valence-corrected chi connectivity index (χ2v) is 28.6. The lowest BCUT2D eigenvalue weighted by Crippen LogP contribution is -2.35. The van der Waals surface area contributed by atoms with Crippen LogP contribution >= 0.6 is 31.3 Å². The van der Waals surface area contributed by atoms with Gasteiger partial charge in [-0.25, -0.2) is 18.7 Å². The minimum atomic E-state index is -4.33. The van der Waals surface area contributed by atoms with E-state index in [-0.39, 0.29) is 140 Å². The first kappa shape index (κ1) is 98.7. The van der Waals surface area contributed by atoms with Gasteiger partial charge in [-0.05, 0) is 153 Å². The smallest absolute Gasteiger partial charge is 0.472 e. The molecule has 0 saturated heterocycles. The van der Waals surface area contributed by atoms with E-state index in [9.17, 15) is 66.6 Å². The second-order valence-electron chi connectivity index (χ2n) is 22.9. The molecule has 0 aromatic carbocycles. The number of nitrogens with two attached hydrogens (primary N) is 2. The zero-order chi connectivity index (χ0) is 74.7. The van der Waals surface area contributed by atoms with E-state index in [0.29, 0.717) is 182 Å². The Balaban J connectivity index is 0. The molecule has 100 heavy (non-hydrogen) atoms. The molecule has 0 saturated carbocycles. The molecular weight excluding hydrogens is 1400 g/mol. The van der Waals surface area contributed by atoms with Crippen molar-refractivity contribution in [3.63, 3.8) is 0 Å². The summed E-state index contributed by atoms with van der Waals surface area (Å²) in [5, 5.41) is 16.4. The predicted molar refractivity (Wildman–Crippen MR) is 366 cm³/mol. The number of unbranched alkanes of at least 4 members (excludes halogenated alkanes) is 12. The Hall–Kier alpha value is -3.38. The Labute approximate surface area is 591 Å². The van der Waals surface area contributed by atoms with E-state index < -0.39 is 43.5 Å². The Morgan fingerprint density at radius 2 is 0.590 bits per heavy atom. The fraction of sp³-hybridized carbons (Fsp3) is 0.900. The number of hydrogen-bond acceptors (Lipinski definition) is 28. The van der Waals surface area contributed by atoms with Crippen LogP contribution in [0.15, 0.2) is 0 Å². The molecule has 0 aromatic rings. The number of nitrogens with one attached hydrogen (secondary N) is 6. The molecule has 0 aliphatic carbocycles. The average molecular weight is 1530 g/mol. The Morgan fingerprint density at radius 1 is 0.340 bits per heavy atom. The van der Waals surface area contributed by atoms with Gasteiger partial charge in [-0.1, -0.05) is 13.8 Å². The van der Waals surface area contributed by atoms with Crippen molar-refractivity contribution >= 4 is 67.1 Å². The number of methoxy groups -OCH3 is 2. The van der Waals surface area contributed by atoms with Crippen LogP contribution in [0.4, 0.5) is 9.59 Å². The van der Waals surface area contributed by atoms with Crippen LogP contribution in [0.2, 0.25) is 0 Å². The molecule has 12 N–H and O–H groups in total. The number of alkyl carbamates (subject to hydrolysis) is 2. The van der Waals surface area contributed by atoms with Crippen molar-refractivity contribution in [2.24, 2.45) is 23.3 Å². The topological polar surface area (TPSA) is 511 Å². The van der Waals surface area contributed by atoms with Crippen LogP contribution in [-0.2, 0) is 102 Å². The molecule has 4 unspecified atom stereocenters. The fourth-order valence-corrected chi connectivity index (χ4v) is 10.9. The molecule has 0 rings (SSSR count). The molecule has 0 bridgehead atoms. The molecule has 0 fully saturated rings. The van der Waals surface area contributed by atoms with Crippen LogP contribution < -0.4 is 53.2 Å². The maximum Gasteiger partial charge on any atom is 0.472 e. The monoisotopic (exact) mass is 1530 g/mol. The van der Waals surface area contributed by atoms with Crippen molar-refractivity contribution in [3.8, 4) is 0 Å². The molecule has 36 nitrogen and oxygen atoms in total. The lowest BCUT2D eigenvalue weighted by atomic mass is 10.1. The second kappa shape index (κ2) is 67.5. The molecule has 0 aliphatic heterocycles. The zero-order valence-electron chi connectivity index (χ0n) is 59.5. The van der Waals surface area contributed by atoms with Gasteiger partial charge in [-0.2, -0.15) is 0 Å². The maximum absolute atomic E-state index is 12.2. The summed E-state index contributed by atoms with van der Waals surface area (Å²) in [6.07, 6.45) is 11.0. The molecule has 0 spiro atoms. The van der Waals surface area contributed by atoms with Crippen molar-refractivity contribution in [1.82, 2.24) is 31.9 Å². The number of amides is 6. The fourth-order valence-electron chi connectivity index (χ4n) is 7.79. The summed E-state index contributed by atoms with van der Waals surface area (Å²) in [5.74, 6) is -0.768. The predicted octanol–water partition coefficient (Wildman–Crippen LogP) is 5.04. The van der Waals surface area contributed by atoms with Gasteiger partial charge >= 0.3 is 27.8 Å². The Kier molecular flexibility index (Phi) is 66.6. The van der Waals surface area contributed by atoms with Crippen molar-refractivity contribution in [2.45, 2.75) is 168 Å². The highest BCUT2D eigenvalue weighted by Crippen LogP contribution is 2.44. The quantitative estimate of drug-likeness (QED) is 0.0282. The summed E-state index contributed by atoms with van der Waals surface area (Å²) < 4.78 is 116. The van der Waals surface area contributed by atoms with E-state index in [0.717, 1.165) is 25.7 Å². The first-order chi connectivity index (χ1) is 47.8. The summed E-state index contributed by atoms with van der Waals surface area (Å²) >= 11 is 0. The van der Waals surface area contributed by atoms with Gasteiger partial charge in [0.25, 0.3) is 15.6 Å². The Morgan fingerprint density at radius 3 is 0.860 bits per heavy atom. The third kappa shape index (κ3) is 73.0. The average Bonchev–Trinajstić information content (AvgIpc) is 1.09. The molecule has 0 radical (unpaired) electrons. The molecule has 40 heteroatoms. The van der Waals surface area contributed by atoms with Gasteiger partial charge in [0, 0.05) is 79.2 Å². The highest BCUT2D eigenvalue weighted by Gasteiger charge is 2.22. The number of ether oxygens (including phenoxy) is 6. The van der Waals surface area contributed by atoms with E-state index in [1.165, 1.54) is 0 Å². The van der Waals surface area contributed by atoms with E-state index >= 15 is 0 Å². The van der Waals surface area contributed by atoms with Gasteiger partial charge in [-0.3, -0.25) is 46.4 Å². The summed E-state index contributed by atoms with van der Waals surface area (Å²) in [6, 6.07) is 0. The first-order valence-corrected chi connectivity index (χ1v) is 40.6. The number of rotatable bonds is 70. The summed E-state index contributed by atoms with van der Waals surface area (Å²) in [5.41, 5.74) is 10.7. The van der Waals surface area contributed by atoms with Crippen LogP contribution in [0.25, 0.3) is 0 Å². The molecule has 0 heterocycles. The molecule has 4 atom stereocenters. The number of phosphoric ester groups is 4. The summed E-state index contributed by atoms with van der Waals surface area (Å²) in [6.45, 7) is 9.62. The van der Waals surface area contributed by atoms with E-state index in [2.05, 4.69) is 31.9 Å². The minimum absolute atomic E-state index is 0.00116. The number of hydrogen-bond donors (Lipinski definition) is 10. The third-order valence-corrected chi connectivity index (χ3v) is 17.5. The summed E-state index contributed by atoms with van der Waals surface area (Å²) in [7, 11) is -14.0. The number of phosphoric acid groups is 4. The van der Waals surface area contributed by atoms with Crippen LogP contribution in [0, 0.1) is 11.8 Å².